The number of benzene rings is 4. The average Bonchev–Trinajstić information content (AvgIpc) is 2.77. The Hall–Kier alpha value is -3.85. The Bertz CT molecular complexity index is 1100. The van der Waals surface area contributed by atoms with Crippen LogP contribution in [0.5, 0.6) is 0 Å². The summed E-state index contributed by atoms with van der Waals surface area (Å²) in [5.41, 5.74) is 6.61. The summed E-state index contributed by atoms with van der Waals surface area (Å²) in [6.45, 7) is 2.06. The molecule has 0 aliphatic carbocycles. The van der Waals surface area contributed by atoms with E-state index in [1.54, 1.807) is 0 Å². The van der Waals surface area contributed by atoms with Crippen LogP contribution in [0.2, 0.25) is 0 Å². The van der Waals surface area contributed by atoms with Crippen molar-refractivity contribution in [1.29, 1.82) is 0 Å². The molecule has 0 spiro atoms. The van der Waals surface area contributed by atoms with Crippen LogP contribution in [0.25, 0.3) is 11.1 Å². The molecule has 0 fully saturated rings. The van der Waals surface area contributed by atoms with E-state index in [4.69, 9.17) is 0 Å². The molecule has 0 radical (unpaired) electrons. The second-order valence-electron chi connectivity index (χ2n) is 6.93. The van der Waals surface area contributed by atoms with Gasteiger partial charge in [-0.2, -0.15) is 0 Å². The van der Waals surface area contributed by atoms with Gasteiger partial charge in [-0.3, -0.25) is 4.79 Å². The molecule has 0 saturated heterocycles. The summed E-state index contributed by atoms with van der Waals surface area (Å²) in [6.07, 6.45) is 0. The van der Waals surface area contributed by atoms with Crippen molar-refractivity contribution in [3.8, 4) is 11.1 Å². The lowest BCUT2D eigenvalue weighted by Gasteiger charge is -2.13. The molecule has 4 rings (SSSR count). The Morgan fingerprint density at radius 3 is 1.90 bits per heavy atom. The van der Waals surface area contributed by atoms with Crippen LogP contribution in [0.1, 0.15) is 15.9 Å². The summed E-state index contributed by atoms with van der Waals surface area (Å²) >= 11 is 0. The van der Waals surface area contributed by atoms with Crippen molar-refractivity contribution < 1.29 is 4.79 Å². The summed E-state index contributed by atoms with van der Waals surface area (Å²) < 4.78 is 0. The van der Waals surface area contributed by atoms with Crippen LogP contribution in [-0.4, -0.2) is 5.91 Å². The summed E-state index contributed by atoms with van der Waals surface area (Å²) in [6, 6.07) is 33.6. The predicted molar refractivity (Wildman–Crippen MR) is 121 cm³/mol. The lowest BCUT2D eigenvalue weighted by atomic mass is 10.0. The fourth-order valence-corrected chi connectivity index (χ4v) is 3.13. The first-order valence-electron chi connectivity index (χ1n) is 9.58. The Morgan fingerprint density at radius 1 is 0.621 bits per heavy atom. The highest BCUT2D eigenvalue weighted by molar-refractivity contribution is 6.06. The lowest BCUT2D eigenvalue weighted by molar-refractivity contribution is 0.102. The maximum atomic E-state index is 12.8. The van der Waals surface area contributed by atoms with Crippen molar-refractivity contribution in [2.45, 2.75) is 6.92 Å². The number of hydrogen-bond donors (Lipinski definition) is 2. The number of hydrogen-bond acceptors (Lipinski definition) is 2. The molecule has 0 heterocycles. The van der Waals surface area contributed by atoms with Crippen LogP contribution in [-0.2, 0) is 0 Å². The van der Waals surface area contributed by atoms with Crippen molar-refractivity contribution in [2.24, 2.45) is 0 Å². The molecule has 4 aromatic carbocycles. The third kappa shape index (κ3) is 4.53. The molecule has 0 aliphatic rings. The molecular weight excluding hydrogens is 356 g/mol. The molecule has 0 bridgehead atoms. The van der Waals surface area contributed by atoms with Crippen LogP contribution in [0, 0.1) is 6.92 Å². The van der Waals surface area contributed by atoms with Gasteiger partial charge in [-0.1, -0.05) is 72.3 Å². The molecule has 0 saturated carbocycles. The van der Waals surface area contributed by atoms with Gasteiger partial charge in [0.25, 0.3) is 5.91 Å². The minimum Gasteiger partial charge on any atom is -0.354 e. The number of amides is 1. The first-order valence-corrected chi connectivity index (χ1v) is 9.58. The van der Waals surface area contributed by atoms with E-state index in [-0.39, 0.29) is 5.91 Å². The second-order valence-corrected chi connectivity index (χ2v) is 6.93. The maximum Gasteiger partial charge on any atom is 0.255 e. The molecule has 29 heavy (non-hydrogen) atoms. The number of rotatable bonds is 5. The standard InChI is InChI=1S/C26H22N2O/c1-19-11-17-23(18-12-19)27-24-9-5-6-10-25(24)28-26(29)22-15-13-21(14-16-22)20-7-3-2-4-8-20/h2-18,27H,1H3,(H,28,29). The van der Waals surface area contributed by atoms with Crippen LogP contribution in [0.15, 0.2) is 103 Å². The van der Waals surface area contributed by atoms with E-state index in [1.165, 1.54) is 5.56 Å². The van der Waals surface area contributed by atoms with Gasteiger partial charge in [-0.05, 0) is 54.4 Å². The zero-order valence-corrected chi connectivity index (χ0v) is 16.2. The summed E-state index contributed by atoms with van der Waals surface area (Å²) in [7, 11) is 0. The van der Waals surface area contributed by atoms with Crippen molar-refractivity contribution in [2.75, 3.05) is 10.6 Å². The first-order chi connectivity index (χ1) is 14.2. The maximum absolute atomic E-state index is 12.8. The second kappa shape index (κ2) is 8.44. The normalized spacial score (nSPS) is 10.4. The van der Waals surface area contributed by atoms with Gasteiger partial charge < -0.3 is 10.6 Å². The molecule has 0 aliphatic heterocycles. The molecule has 3 heteroatoms. The highest BCUT2D eigenvalue weighted by atomic mass is 16.1. The third-order valence-corrected chi connectivity index (χ3v) is 4.76. The van der Waals surface area contributed by atoms with E-state index < -0.39 is 0 Å². The van der Waals surface area contributed by atoms with Crippen molar-refractivity contribution in [3.05, 3.63) is 114 Å². The molecule has 4 aromatic rings. The predicted octanol–water partition coefficient (Wildman–Crippen LogP) is 6.66. The topological polar surface area (TPSA) is 41.1 Å². The van der Waals surface area contributed by atoms with Gasteiger partial charge in [0, 0.05) is 11.3 Å². The Balaban J connectivity index is 1.50. The van der Waals surface area contributed by atoms with Gasteiger partial charge in [0.2, 0.25) is 0 Å². The molecule has 3 nitrogen and oxygen atoms in total. The molecule has 0 unspecified atom stereocenters. The average molecular weight is 378 g/mol. The SMILES string of the molecule is Cc1ccc(Nc2ccccc2NC(=O)c2ccc(-c3ccccc3)cc2)cc1. The van der Waals surface area contributed by atoms with Gasteiger partial charge in [0.1, 0.15) is 0 Å². The smallest absolute Gasteiger partial charge is 0.255 e. The molecular formula is C26H22N2O. The summed E-state index contributed by atoms with van der Waals surface area (Å²) in [5, 5.41) is 6.39. The summed E-state index contributed by atoms with van der Waals surface area (Å²) in [4.78, 5) is 12.8. The molecule has 2 N–H and O–H groups in total. The van der Waals surface area contributed by atoms with Crippen LogP contribution < -0.4 is 10.6 Å². The highest BCUT2D eigenvalue weighted by Gasteiger charge is 2.10. The van der Waals surface area contributed by atoms with Gasteiger partial charge in [0.05, 0.1) is 11.4 Å². The van der Waals surface area contributed by atoms with Crippen LogP contribution in [0.4, 0.5) is 17.1 Å². The molecule has 0 atom stereocenters. The van der Waals surface area contributed by atoms with Gasteiger partial charge in [0.15, 0.2) is 0 Å². The Morgan fingerprint density at radius 2 is 1.21 bits per heavy atom. The molecule has 1 amide bonds. The quantitative estimate of drug-likeness (QED) is 0.408. The fraction of sp³-hybridized carbons (Fsp3) is 0.0385. The zero-order valence-electron chi connectivity index (χ0n) is 16.2. The van der Waals surface area contributed by atoms with Gasteiger partial charge in [-0.25, -0.2) is 0 Å². The van der Waals surface area contributed by atoms with Gasteiger partial charge >= 0.3 is 0 Å². The largest absolute Gasteiger partial charge is 0.354 e. The number of carbonyl (C=O) groups is 1. The molecule has 0 aromatic heterocycles. The van der Waals surface area contributed by atoms with Crippen molar-refractivity contribution in [1.82, 2.24) is 0 Å². The zero-order chi connectivity index (χ0) is 20.1. The van der Waals surface area contributed by atoms with E-state index in [2.05, 4.69) is 41.8 Å². The minimum absolute atomic E-state index is 0.136. The number of aryl methyl sites for hydroxylation is 1. The Labute approximate surface area is 171 Å². The highest BCUT2D eigenvalue weighted by Crippen LogP contribution is 2.26. The molecule has 142 valence electrons. The van der Waals surface area contributed by atoms with Crippen molar-refractivity contribution >= 4 is 23.0 Å². The fourth-order valence-electron chi connectivity index (χ4n) is 3.13. The van der Waals surface area contributed by atoms with E-state index >= 15 is 0 Å². The van der Waals surface area contributed by atoms with Gasteiger partial charge in [-0.15, -0.1) is 0 Å². The van der Waals surface area contributed by atoms with E-state index in [1.807, 2.05) is 78.9 Å². The lowest BCUT2D eigenvalue weighted by Crippen LogP contribution is -2.13. The summed E-state index contributed by atoms with van der Waals surface area (Å²) in [5.74, 6) is -0.136. The number of carbonyl (C=O) groups excluding carboxylic acids is 1. The number of nitrogens with one attached hydrogen (secondary N) is 2. The van der Waals surface area contributed by atoms with E-state index in [0.717, 1.165) is 28.2 Å². The van der Waals surface area contributed by atoms with Crippen molar-refractivity contribution in [3.63, 3.8) is 0 Å². The monoisotopic (exact) mass is 378 g/mol. The number of para-hydroxylation sites is 2. The minimum atomic E-state index is -0.136. The van der Waals surface area contributed by atoms with E-state index in [0.29, 0.717) is 5.56 Å². The van der Waals surface area contributed by atoms with Crippen LogP contribution >= 0.6 is 0 Å². The number of anilines is 3. The first kappa shape index (κ1) is 18.5. The Kier molecular flexibility index (Phi) is 5.39. The van der Waals surface area contributed by atoms with Crippen LogP contribution in [0.3, 0.4) is 0 Å². The third-order valence-electron chi connectivity index (χ3n) is 4.76. The van der Waals surface area contributed by atoms with E-state index in [9.17, 15) is 4.79 Å².